The first-order chi connectivity index (χ1) is 11.4. The lowest BCUT2D eigenvalue weighted by Crippen LogP contribution is -2.47. The molecule has 25 heavy (non-hydrogen) atoms. The van der Waals surface area contributed by atoms with Gasteiger partial charge < -0.3 is 5.32 Å². The second-order valence-electron chi connectivity index (χ2n) is 7.05. The number of aromatic nitrogens is 1. The van der Waals surface area contributed by atoms with Gasteiger partial charge in [-0.05, 0) is 36.5 Å². The summed E-state index contributed by atoms with van der Waals surface area (Å²) < 4.78 is 0. The number of benzene rings is 1. The van der Waals surface area contributed by atoms with Crippen LogP contribution in [0.3, 0.4) is 0 Å². The number of fused-ring (bicyclic) bond motifs is 1. The van der Waals surface area contributed by atoms with Crippen LogP contribution in [0.5, 0.6) is 0 Å². The van der Waals surface area contributed by atoms with Gasteiger partial charge >= 0.3 is 0 Å². The Labute approximate surface area is 163 Å². The number of hydrogen-bond acceptors (Lipinski definition) is 3. The molecule has 5 heteroatoms. The van der Waals surface area contributed by atoms with Gasteiger partial charge in [-0.1, -0.05) is 37.5 Å². The molecule has 1 N–H and O–H groups in total. The summed E-state index contributed by atoms with van der Waals surface area (Å²) in [6.45, 7) is 4.56. The maximum atomic E-state index is 4.58. The minimum atomic E-state index is 0. The standard InChI is InChI=1S/C20H27N3.2ClH/c1-2-6-16(7-3-1)20(23-14-12-21-13-15-23)18-10-11-22-19-9-5-4-8-17(18)19;;/h4-5,8-11,16,20-21H,1-3,6-7,12-15H2;2*1H/t20-;;/m1../s1. The highest BCUT2D eigenvalue weighted by Gasteiger charge is 2.31. The topological polar surface area (TPSA) is 28.2 Å². The average molecular weight is 382 g/mol. The van der Waals surface area contributed by atoms with E-state index < -0.39 is 0 Å². The van der Waals surface area contributed by atoms with E-state index in [2.05, 4.69) is 45.5 Å². The molecule has 0 amide bonds. The zero-order chi connectivity index (χ0) is 15.5. The zero-order valence-corrected chi connectivity index (χ0v) is 16.3. The van der Waals surface area contributed by atoms with E-state index in [9.17, 15) is 0 Å². The summed E-state index contributed by atoms with van der Waals surface area (Å²) in [7, 11) is 0. The molecule has 1 saturated heterocycles. The molecule has 0 radical (unpaired) electrons. The van der Waals surface area contributed by atoms with Crippen molar-refractivity contribution in [3.63, 3.8) is 0 Å². The predicted molar refractivity (Wildman–Crippen MR) is 110 cm³/mol. The molecule has 1 aromatic carbocycles. The van der Waals surface area contributed by atoms with Gasteiger partial charge in [-0.3, -0.25) is 9.88 Å². The summed E-state index contributed by atoms with van der Waals surface area (Å²) in [6, 6.07) is 11.5. The Morgan fingerprint density at radius 3 is 2.44 bits per heavy atom. The lowest BCUT2D eigenvalue weighted by Gasteiger charge is -2.41. The van der Waals surface area contributed by atoms with Crippen LogP contribution >= 0.6 is 24.8 Å². The molecule has 0 spiro atoms. The molecular formula is C20H29Cl2N3. The molecule has 2 heterocycles. The number of hydrogen-bond donors (Lipinski definition) is 1. The Balaban J connectivity index is 0.00000113. The Bertz CT molecular complexity index is 629. The smallest absolute Gasteiger partial charge is 0.0705 e. The van der Waals surface area contributed by atoms with Crippen LogP contribution < -0.4 is 5.32 Å². The van der Waals surface area contributed by atoms with Gasteiger partial charge in [0.05, 0.1) is 5.52 Å². The van der Waals surface area contributed by atoms with Crippen molar-refractivity contribution in [2.24, 2.45) is 5.92 Å². The summed E-state index contributed by atoms with van der Waals surface area (Å²) in [4.78, 5) is 7.31. The van der Waals surface area contributed by atoms with Crippen LogP contribution in [0.2, 0.25) is 0 Å². The maximum absolute atomic E-state index is 4.58. The lowest BCUT2D eigenvalue weighted by atomic mass is 9.79. The van der Waals surface area contributed by atoms with Crippen molar-refractivity contribution in [3.8, 4) is 0 Å². The van der Waals surface area contributed by atoms with Crippen LogP contribution in [-0.2, 0) is 0 Å². The first-order valence-corrected chi connectivity index (χ1v) is 9.22. The summed E-state index contributed by atoms with van der Waals surface area (Å²) in [5.41, 5.74) is 2.64. The molecule has 1 aliphatic carbocycles. The van der Waals surface area contributed by atoms with Gasteiger partial charge in [-0.25, -0.2) is 0 Å². The highest BCUT2D eigenvalue weighted by Crippen LogP contribution is 2.40. The number of para-hydroxylation sites is 1. The van der Waals surface area contributed by atoms with E-state index >= 15 is 0 Å². The molecule has 1 saturated carbocycles. The second kappa shape index (κ2) is 9.72. The van der Waals surface area contributed by atoms with E-state index in [0.717, 1.165) is 37.6 Å². The fourth-order valence-electron chi connectivity index (χ4n) is 4.53. The quantitative estimate of drug-likeness (QED) is 0.841. The Morgan fingerprint density at radius 1 is 0.960 bits per heavy atom. The predicted octanol–water partition coefficient (Wildman–Crippen LogP) is 4.61. The van der Waals surface area contributed by atoms with Gasteiger partial charge in [0.15, 0.2) is 0 Å². The maximum Gasteiger partial charge on any atom is 0.0705 e. The number of pyridine rings is 1. The summed E-state index contributed by atoms with van der Waals surface area (Å²) in [5, 5.41) is 4.86. The molecule has 4 rings (SSSR count). The van der Waals surface area contributed by atoms with Gasteiger partial charge in [-0.15, -0.1) is 24.8 Å². The third kappa shape index (κ3) is 4.46. The van der Waals surface area contributed by atoms with Crippen molar-refractivity contribution in [1.82, 2.24) is 15.2 Å². The van der Waals surface area contributed by atoms with E-state index in [4.69, 9.17) is 0 Å². The summed E-state index contributed by atoms with van der Waals surface area (Å²) >= 11 is 0. The van der Waals surface area contributed by atoms with Crippen molar-refractivity contribution in [3.05, 3.63) is 42.1 Å². The highest BCUT2D eigenvalue weighted by atomic mass is 35.5. The molecule has 0 bridgehead atoms. The van der Waals surface area contributed by atoms with E-state index in [1.165, 1.54) is 43.1 Å². The normalized spacial score (nSPS) is 20.5. The number of halogens is 2. The molecule has 138 valence electrons. The molecule has 1 aliphatic heterocycles. The first-order valence-electron chi connectivity index (χ1n) is 9.22. The van der Waals surface area contributed by atoms with Gasteiger partial charge in [-0.2, -0.15) is 0 Å². The highest BCUT2D eigenvalue weighted by molar-refractivity contribution is 5.85. The third-order valence-electron chi connectivity index (χ3n) is 5.64. The van der Waals surface area contributed by atoms with Crippen molar-refractivity contribution >= 4 is 35.7 Å². The lowest BCUT2D eigenvalue weighted by molar-refractivity contribution is 0.104. The number of rotatable bonds is 3. The first kappa shape index (κ1) is 20.4. The van der Waals surface area contributed by atoms with Gasteiger partial charge in [0.1, 0.15) is 0 Å². The minimum Gasteiger partial charge on any atom is -0.314 e. The van der Waals surface area contributed by atoms with Crippen LogP contribution in [0, 0.1) is 5.92 Å². The van der Waals surface area contributed by atoms with Gasteiger partial charge in [0.25, 0.3) is 0 Å². The van der Waals surface area contributed by atoms with Crippen LogP contribution in [-0.4, -0.2) is 36.1 Å². The second-order valence-corrected chi connectivity index (χ2v) is 7.05. The minimum absolute atomic E-state index is 0. The van der Waals surface area contributed by atoms with E-state index in [1.54, 1.807) is 0 Å². The largest absolute Gasteiger partial charge is 0.314 e. The van der Waals surface area contributed by atoms with Crippen LogP contribution in [0.4, 0.5) is 0 Å². The van der Waals surface area contributed by atoms with Crippen molar-refractivity contribution in [1.29, 1.82) is 0 Å². The van der Waals surface area contributed by atoms with E-state index in [-0.39, 0.29) is 24.8 Å². The van der Waals surface area contributed by atoms with Crippen molar-refractivity contribution < 1.29 is 0 Å². The van der Waals surface area contributed by atoms with Crippen LogP contribution in [0.15, 0.2) is 36.5 Å². The molecule has 1 atom stereocenters. The Morgan fingerprint density at radius 2 is 1.68 bits per heavy atom. The molecule has 2 aromatic rings. The fraction of sp³-hybridized carbons (Fsp3) is 0.550. The Hall–Kier alpha value is -0.870. The molecule has 3 nitrogen and oxygen atoms in total. The number of piperazine rings is 1. The molecular weight excluding hydrogens is 353 g/mol. The molecule has 2 aliphatic rings. The fourth-order valence-corrected chi connectivity index (χ4v) is 4.53. The summed E-state index contributed by atoms with van der Waals surface area (Å²) in [6.07, 6.45) is 8.99. The summed E-state index contributed by atoms with van der Waals surface area (Å²) in [5.74, 6) is 0.799. The zero-order valence-electron chi connectivity index (χ0n) is 14.7. The van der Waals surface area contributed by atoms with Crippen molar-refractivity contribution in [2.45, 2.75) is 38.1 Å². The Kier molecular flexibility index (Phi) is 7.95. The van der Waals surface area contributed by atoms with Gasteiger partial charge in [0.2, 0.25) is 0 Å². The van der Waals surface area contributed by atoms with E-state index in [1.807, 2.05) is 6.20 Å². The van der Waals surface area contributed by atoms with E-state index in [0.29, 0.717) is 6.04 Å². The van der Waals surface area contributed by atoms with Gasteiger partial charge in [0, 0.05) is 43.8 Å². The third-order valence-corrected chi connectivity index (χ3v) is 5.64. The SMILES string of the molecule is Cl.Cl.c1ccc2c([C@@H](C3CCCCC3)N3CCNCC3)ccnc2c1. The van der Waals surface area contributed by atoms with Crippen LogP contribution in [0.25, 0.3) is 10.9 Å². The monoisotopic (exact) mass is 381 g/mol. The average Bonchev–Trinajstić information content (AvgIpc) is 2.64. The molecule has 0 unspecified atom stereocenters. The van der Waals surface area contributed by atoms with Crippen LogP contribution in [0.1, 0.15) is 43.7 Å². The molecule has 2 fully saturated rings. The number of nitrogens with zero attached hydrogens (tertiary/aromatic N) is 2. The van der Waals surface area contributed by atoms with Crippen molar-refractivity contribution in [2.75, 3.05) is 26.2 Å². The molecule has 1 aromatic heterocycles. The number of nitrogens with one attached hydrogen (secondary N) is 1.